The van der Waals surface area contributed by atoms with Crippen molar-refractivity contribution in [2.45, 2.75) is 26.3 Å². The van der Waals surface area contributed by atoms with Gasteiger partial charge in [0, 0.05) is 18.8 Å². The van der Waals surface area contributed by atoms with Gasteiger partial charge in [0.25, 0.3) is 0 Å². The highest BCUT2D eigenvalue weighted by atomic mass is 35.5. The van der Waals surface area contributed by atoms with Crippen LogP contribution in [0.4, 0.5) is 5.82 Å². The molecule has 1 unspecified atom stereocenters. The minimum Gasteiger partial charge on any atom is -0.478 e. The standard InChI is InChI=1S/C14H22ClN3O2/c1-9(2)7-10(8-18(3)4)17-13-12(15)11(14(19)20)5-6-16-13/h5-6,9-10H,7-8H2,1-4H3,(H,16,17)(H,19,20). The maximum Gasteiger partial charge on any atom is 0.337 e. The van der Waals surface area contributed by atoms with E-state index < -0.39 is 5.97 Å². The van der Waals surface area contributed by atoms with Crippen molar-refractivity contribution in [2.24, 2.45) is 5.92 Å². The number of nitrogens with one attached hydrogen (secondary N) is 1. The first-order valence-electron chi connectivity index (χ1n) is 6.60. The molecule has 0 aliphatic heterocycles. The molecule has 1 rings (SSSR count). The minimum atomic E-state index is -1.05. The van der Waals surface area contributed by atoms with Gasteiger partial charge in [0.05, 0.1) is 10.6 Å². The van der Waals surface area contributed by atoms with Crippen LogP contribution in [0.3, 0.4) is 0 Å². The average Bonchev–Trinajstić information content (AvgIpc) is 2.29. The lowest BCUT2D eigenvalue weighted by Crippen LogP contribution is -2.34. The van der Waals surface area contributed by atoms with Gasteiger partial charge >= 0.3 is 5.97 Å². The summed E-state index contributed by atoms with van der Waals surface area (Å²) < 4.78 is 0. The number of hydrogen-bond donors (Lipinski definition) is 2. The van der Waals surface area contributed by atoms with Gasteiger partial charge in [0.2, 0.25) is 0 Å². The summed E-state index contributed by atoms with van der Waals surface area (Å²) in [5, 5.41) is 12.5. The van der Waals surface area contributed by atoms with Crippen LogP contribution in [0.1, 0.15) is 30.6 Å². The van der Waals surface area contributed by atoms with E-state index in [0.717, 1.165) is 13.0 Å². The van der Waals surface area contributed by atoms with Crippen molar-refractivity contribution in [3.63, 3.8) is 0 Å². The number of hydrogen-bond acceptors (Lipinski definition) is 4. The lowest BCUT2D eigenvalue weighted by Gasteiger charge is -2.25. The van der Waals surface area contributed by atoms with Gasteiger partial charge in [-0.2, -0.15) is 0 Å². The number of aromatic carboxylic acids is 1. The molecule has 0 radical (unpaired) electrons. The Morgan fingerprint density at radius 3 is 2.65 bits per heavy atom. The SMILES string of the molecule is CC(C)CC(CN(C)C)Nc1nccc(C(=O)O)c1Cl. The van der Waals surface area contributed by atoms with Gasteiger partial charge in [0.1, 0.15) is 5.82 Å². The number of carboxylic acid groups (broad SMARTS) is 1. The summed E-state index contributed by atoms with van der Waals surface area (Å²) in [7, 11) is 4.00. The summed E-state index contributed by atoms with van der Waals surface area (Å²) in [5.41, 5.74) is 0.0670. The van der Waals surface area contributed by atoms with E-state index in [9.17, 15) is 4.79 Å². The lowest BCUT2D eigenvalue weighted by atomic mass is 10.0. The van der Waals surface area contributed by atoms with Crippen molar-refractivity contribution in [1.82, 2.24) is 9.88 Å². The molecule has 0 saturated heterocycles. The zero-order valence-electron chi connectivity index (χ0n) is 12.4. The molecule has 1 aromatic rings. The van der Waals surface area contributed by atoms with E-state index in [1.165, 1.54) is 12.3 Å². The molecule has 0 fully saturated rings. The molecular weight excluding hydrogens is 278 g/mol. The van der Waals surface area contributed by atoms with Crippen LogP contribution in [0.15, 0.2) is 12.3 Å². The molecule has 6 heteroatoms. The van der Waals surface area contributed by atoms with Crippen molar-refractivity contribution < 1.29 is 9.90 Å². The van der Waals surface area contributed by atoms with Crippen LogP contribution in [0.5, 0.6) is 0 Å². The summed E-state index contributed by atoms with van der Waals surface area (Å²) in [6, 6.07) is 1.57. The second-order valence-corrected chi connectivity index (χ2v) is 5.94. The molecule has 5 nitrogen and oxygen atoms in total. The highest BCUT2D eigenvalue weighted by Crippen LogP contribution is 2.25. The zero-order chi connectivity index (χ0) is 15.3. The summed E-state index contributed by atoms with van der Waals surface area (Å²) in [4.78, 5) is 17.3. The van der Waals surface area contributed by atoms with Crippen molar-refractivity contribution in [2.75, 3.05) is 26.0 Å². The van der Waals surface area contributed by atoms with E-state index in [1.807, 2.05) is 14.1 Å². The zero-order valence-corrected chi connectivity index (χ0v) is 13.1. The van der Waals surface area contributed by atoms with Crippen molar-refractivity contribution in [1.29, 1.82) is 0 Å². The predicted molar refractivity (Wildman–Crippen MR) is 81.6 cm³/mol. The van der Waals surface area contributed by atoms with E-state index in [0.29, 0.717) is 11.7 Å². The number of rotatable bonds is 7. The van der Waals surface area contributed by atoms with E-state index in [1.54, 1.807) is 0 Å². The third kappa shape index (κ3) is 4.98. The van der Waals surface area contributed by atoms with Crippen LogP contribution in [0.25, 0.3) is 0 Å². The van der Waals surface area contributed by atoms with Crippen molar-refractivity contribution in [3.8, 4) is 0 Å². The molecule has 1 aromatic heterocycles. The number of halogens is 1. The number of aromatic nitrogens is 1. The number of nitrogens with zero attached hydrogens (tertiary/aromatic N) is 2. The van der Waals surface area contributed by atoms with Crippen molar-refractivity contribution in [3.05, 3.63) is 22.8 Å². The van der Waals surface area contributed by atoms with E-state index in [2.05, 4.69) is 29.0 Å². The predicted octanol–water partition coefficient (Wildman–Crippen LogP) is 2.82. The third-order valence-electron chi connectivity index (χ3n) is 2.80. The first-order valence-corrected chi connectivity index (χ1v) is 6.98. The highest BCUT2D eigenvalue weighted by molar-refractivity contribution is 6.35. The molecule has 2 N–H and O–H groups in total. The normalized spacial score (nSPS) is 12.8. The Balaban J connectivity index is 2.92. The molecule has 1 heterocycles. The second kappa shape index (κ2) is 7.45. The molecule has 0 aliphatic rings. The first-order chi connectivity index (χ1) is 9.31. The fourth-order valence-electron chi connectivity index (χ4n) is 2.09. The van der Waals surface area contributed by atoms with E-state index in [-0.39, 0.29) is 16.6 Å². The largest absolute Gasteiger partial charge is 0.478 e. The highest BCUT2D eigenvalue weighted by Gasteiger charge is 2.17. The third-order valence-corrected chi connectivity index (χ3v) is 3.18. The maximum absolute atomic E-state index is 11.1. The Hall–Kier alpha value is -1.33. The second-order valence-electron chi connectivity index (χ2n) is 5.56. The Morgan fingerprint density at radius 1 is 1.50 bits per heavy atom. The quantitative estimate of drug-likeness (QED) is 0.810. The summed E-state index contributed by atoms with van der Waals surface area (Å²) in [6.07, 6.45) is 2.41. The van der Waals surface area contributed by atoms with Crippen LogP contribution in [-0.2, 0) is 0 Å². The fraction of sp³-hybridized carbons (Fsp3) is 0.571. The average molecular weight is 300 g/mol. The molecule has 0 aliphatic carbocycles. The summed E-state index contributed by atoms with van der Waals surface area (Å²) >= 11 is 6.10. The monoisotopic (exact) mass is 299 g/mol. The van der Waals surface area contributed by atoms with Gasteiger partial charge in [0.15, 0.2) is 0 Å². The van der Waals surface area contributed by atoms with Crippen LogP contribution < -0.4 is 5.32 Å². The van der Waals surface area contributed by atoms with Crippen LogP contribution in [0, 0.1) is 5.92 Å². The molecule has 0 amide bonds. The first kappa shape index (κ1) is 16.7. The van der Waals surface area contributed by atoms with Gasteiger partial charge in [-0.15, -0.1) is 0 Å². The smallest absolute Gasteiger partial charge is 0.337 e. The van der Waals surface area contributed by atoms with E-state index >= 15 is 0 Å². The van der Waals surface area contributed by atoms with Gasteiger partial charge < -0.3 is 15.3 Å². The van der Waals surface area contributed by atoms with Gasteiger partial charge in [-0.25, -0.2) is 9.78 Å². The number of anilines is 1. The molecule has 1 atom stereocenters. The molecular formula is C14H22ClN3O2. The van der Waals surface area contributed by atoms with Crippen molar-refractivity contribution >= 4 is 23.4 Å². The molecule has 0 aromatic carbocycles. The number of pyridine rings is 1. The Labute approximate surface area is 125 Å². The summed E-state index contributed by atoms with van der Waals surface area (Å²) in [5.74, 6) is -0.0959. The van der Waals surface area contributed by atoms with Gasteiger partial charge in [-0.1, -0.05) is 25.4 Å². The number of likely N-dealkylation sites (N-methyl/N-ethyl adjacent to an activating group) is 1. The van der Waals surface area contributed by atoms with Crippen LogP contribution in [-0.4, -0.2) is 47.6 Å². The van der Waals surface area contributed by atoms with Gasteiger partial charge in [-0.05, 0) is 32.5 Å². The summed E-state index contributed by atoms with van der Waals surface area (Å²) in [6.45, 7) is 5.12. The number of carboxylic acids is 1. The molecule has 20 heavy (non-hydrogen) atoms. The molecule has 0 spiro atoms. The topological polar surface area (TPSA) is 65.5 Å². The Bertz CT molecular complexity index is 454. The lowest BCUT2D eigenvalue weighted by molar-refractivity contribution is 0.0697. The van der Waals surface area contributed by atoms with Crippen LogP contribution in [0.2, 0.25) is 5.02 Å². The van der Waals surface area contributed by atoms with Crippen LogP contribution >= 0.6 is 11.6 Å². The maximum atomic E-state index is 11.1. The molecule has 0 saturated carbocycles. The van der Waals surface area contributed by atoms with E-state index in [4.69, 9.17) is 16.7 Å². The molecule has 112 valence electrons. The fourth-order valence-corrected chi connectivity index (χ4v) is 2.34. The van der Waals surface area contributed by atoms with Gasteiger partial charge in [-0.3, -0.25) is 0 Å². The number of carbonyl (C=O) groups is 1. The Morgan fingerprint density at radius 2 is 2.15 bits per heavy atom. The Kier molecular flexibility index (Phi) is 6.23. The minimum absolute atomic E-state index is 0.0670. The molecule has 0 bridgehead atoms.